The Kier molecular flexibility index (Phi) is 5.30. The minimum absolute atomic E-state index is 0.0388. The molecule has 24 heavy (non-hydrogen) atoms. The molecule has 7 nitrogen and oxygen atoms in total. The first kappa shape index (κ1) is 17.6. The topological polar surface area (TPSA) is 98.5 Å². The number of carbonyl (C=O) groups excluding carboxylic acids is 2. The van der Waals surface area contributed by atoms with Crippen LogP contribution in [-0.4, -0.2) is 23.4 Å². The van der Waals surface area contributed by atoms with Crippen LogP contribution in [0, 0.1) is 24.0 Å². The van der Waals surface area contributed by atoms with Crippen LogP contribution in [0.3, 0.4) is 0 Å². The summed E-state index contributed by atoms with van der Waals surface area (Å²) in [5.74, 6) is -0.823. The van der Waals surface area contributed by atoms with Gasteiger partial charge in [0, 0.05) is 17.2 Å². The summed E-state index contributed by atoms with van der Waals surface area (Å²) in [5.41, 5.74) is 1.39. The second-order valence-corrected chi connectivity index (χ2v) is 6.11. The average Bonchev–Trinajstić information content (AvgIpc) is 2.87. The van der Waals surface area contributed by atoms with Gasteiger partial charge in [-0.25, -0.2) is 4.79 Å². The van der Waals surface area contributed by atoms with E-state index in [9.17, 15) is 19.7 Å². The fourth-order valence-corrected chi connectivity index (χ4v) is 3.09. The van der Waals surface area contributed by atoms with E-state index in [1.807, 2.05) is 0 Å². The van der Waals surface area contributed by atoms with Gasteiger partial charge in [0.2, 0.25) is 0 Å². The molecule has 0 atom stereocenters. The Balaban J connectivity index is 2.18. The predicted molar refractivity (Wildman–Crippen MR) is 90.8 cm³/mol. The second kappa shape index (κ2) is 7.22. The van der Waals surface area contributed by atoms with E-state index in [2.05, 4.69) is 5.32 Å². The fraction of sp³-hybridized carbons (Fsp3) is 0.250. The molecule has 126 valence electrons. The van der Waals surface area contributed by atoms with Crippen molar-refractivity contribution in [3.05, 3.63) is 55.9 Å². The summed E-state index contributed by atoms with van der Waals surface area (Å²) in [4.78, 5) is 34.8. The Bertz CT molecular complexity index is 813. The number of amides is 1. The van der Waals surface area contributed by atoms with Crippen LogP contribution in [0.15, 0.2) is 24.3 Å². The smallest absolute Gasteiger partial charge is 0.348 e. The molecule has 0 saturated heterocycles. The standard InChI is InChI=1S/C16H16N2O5S/c1-4-23-16(20)14-10(3)8-13(24-14)17-15(19)11-5-6-12(18(21)22)9(2)7-11/h5-8H,4H2,1-3H3,(H,17,19). The van der Waals surface area contributed by atoms with Gasteiger partial charge in [0.15, 0.2) is 0 Å². The first-order chi connectivity index (χ1) is 11.3. The van der Waals surface area contributed by atoms with Crippen LogP contribution in [0.25, 0.3) is 0 Å². The van der Waals surface area contributed by atoms with E-state index < -0.39 is 16.8 Å². The normalized spacial score (nSPS) is 10.3. The second-order valence-electron chi connectivity index (χ2n) is 5.06. The van der Waals surface area contributed by atoms with Crippen molar-refractivity contribution < 1.29 is 19.2 Å². The summed E-state index contributed by atoms with van der Waals surface area (Å²) in [6, 6.07) is 5.84. The first-order valence-corrected chi connectivity index (χ1v) is 7.99. The average molecular weight is 348 g/mol. The van der Waals surface area contributed by atoms with Gasteiger partial charge < -0.3 is 10.1 Å². The number of benzene rings is 1. The van der Waals surface area contributed by atoms with Crippen molar-refractivity contribution in [2.75, 3.05) is 11.9 Å². The van der Waals surface area contributed by atoms with Crippen molar-refractivity contribution in [1.29, 1.82) is 0 Å². The van der Waals surface area contributed by atoms with Crippen LogP contribution in [0.2, 0.25) is 0 Å². The number of esters is 1. The zero-order valence-corrected chi connectivity index (χ0v) is 14.2. The van der Waals surface area contributed by atoms with E-state index in [1.54, 1.807) is 26.8 Å². The third kappa shape index (κ3) is 3.77. The van der Waals surface area contributed by atoms with Crippen LogP contribution in [-0.2, 0) is 4.74 Å². The molecule has 1 aromatic heterocycles. The molecule has 2 aromatic rings. The number of thiophene rings is 1. The van der Waals surface area contributed by atoms with Crippen molar-refractivity contribution in [3.63, 3.8) is 0 Å². The molecule has 0 unspecified atom stereocenters. The molecule has 0 aliphatic heterocycles. The molecule has 0 fully saturated rings. The predicted octanol–water partition coefficient (Wildman–Crippen LogP) is 3.70. The molecule has 1 aromatic carbocycles. The van der Waals surface area contributed by atoms with Gasteiger partial charge in [-0.05, 0) is 44.5 Å². The molecular formula is C16H16N2O5S. The van der Waals surface area contributed by atoms with Crippen LogP contribution in [0.5, 0.6) is 0 Å². The Morgan fingerprint density at radius 2 is 1.96 bits per heavy atom. The van der Waals surface area contributed by atoms with E-state index in [4.69, 9.17) is 4.74 Å². The molecule has 0 saturated carbocycles. The minimum Gasteiger partial charge on any atom is -0.462 e. The number of nitro groups is 1. The number of hydrogen-bond donors (Lipinski definition) is 1. The van der Waals surface area contributed by atoms with Gasteiger partial charge in [0.1, 0.15) is 4.88 Å². The van der Waals surface area contributed by atoms with Crippen LogP contribution < -0.4 is 5.32 Å². The van der Waals surface area contributed by atoms with Crippen molar-refractivity contribution in [2.45, 2.75) is 20.8 Å². The molecule has 0 aliphatic rings. The third-order valence-corrected chi connectivity index (χ3v) is 4.40. The highest BCUT2D eigenvalue weighted by atomic mass is 32.1. The van der Waals surface area contributed by atoms with Gasteiger partial charge in [-0.1, -0.05) is 0 Å². The van der Waals surface area contributed by atoms with Crippen molar-refractivity contribution in [2.24, 2.45) is 0 Å². The zero-order valence-electron chi connectivity index (χ0n) is 13.4. The lowest BCUT2D eigenvalue weighted by atomic mass is 10.1. The number of nitrogens with zero attached hydrogens (tertiary/aromatic N) is 1. The third-order valence-electron chi connectivity index (χ3n) is 3.27. The Morgan fingerprint density at radius 1 is 1.25 bits per heavy atom. The van der Waals surface area contributed by atoms with Gasteiger partial charge in [0.25, 0.3) is 11.6 Å². The van der Waals surface area contributed by atoms with E-state index in [-0.39, 0.29) is 12.3 Å². The Labute approximate surface area is 142 Å². The molecule has 0 aliphatic carbocycles. The summed E-state index contributed by atoms with van der Waals surface area (Å²) < 4.78 is 4.96. The van der Waals surface area contributed by atoms with Crippen molar-refractivity contribution in [1.82, 2.24) is 0 Å². The number of nitrogens with one attached hydrogen (secondary N) is 1. The number of nitro benzene ring substituents is 1. The van der Waals surface area contributed by atoms with E-state index in [0.717, 1.165) is 11.3 Å². The largest absolute Gasteiger partial charge is 0.462 e. The Hall–Kier alpha value is -2.74. The minimum atomic E-state index is -0.495. The van der Waals surface area contributed by atoms with E-state index >= 15 is 0 Å². The number of anilines is 1. The molecule has 0 bridgehead atoms. The van der Waals surface area contributed by atoms with E-state index in [1.165, 1.54) is 18.2 Å². The lowest BCUT2D eigenvalue weighted by Gasteiger charge is -2.04. The maximum atomic E-state index is 12.3. The number of rotatable bonds is 5. The monoisotopic (exact) mass is 348 g/mol. The molecular weight excluding hydrogens is 332 g/mol. The highest BCUT2D eigenvalue weighted by Gasteiger charge is 2.18. The molecule has 1 amide bonds. The van der Waals surface area contributed by atoms with Gasteiger partial charge in [-0.2, -0.15) is 0 Å². The van der Waals surface area contributed by atoms with Crippen molar-refractivity contribution in [3.8, 4) is 0 Å². The number of carbonyl (C=O) groups is 2. The lowest BCUT2D eigenvalue weighted by molar-refractivity contribution is -0.385. The number of ether oxygens (including phenoxy) is 1. The summed E-state index contributed by atoms with van der Waals surface area (Å²) in [6.45, 7) is 5.33. The maximum Gasteiger partial charge on any atom is 0.348 e. The first-order valence-electron chi connectivity index (χ1n) is 7.17. The van der Waals surface area contributed by atoms with Gasteiger partial charge in [-0.15, -0.1) is 11.3 Å². The molecule has 8 heteroatoms. The number of aryl methyl sites for hydroxylation is 2. The summed E-state index contributed by atoms with van der Waals surface area (Å²) in [6.07, 6.45) is 0. The molecule has 1 N–H and O–H groups in total. The zero-order chi connectivity index (χ0) is 17.9. The summed E-state index contributed by atoms with van der Waals surface area (Å²) in [7, 11) is 0. The van der Waals surface area contributed by atoms with Crippen LogP contribution >= 0.6 is 11.3 Å². The van der Waals surface area contributed by atoms with Crippen LogP contribution in [0.1, 0.15) is 38.1 Å². The highest BCUT2D eigenvalue weighted by Crippen LogP contribution is 2.28. The lowest BCUT2D eigenvalue weighted by Crippen LogP contribution is -2.11. The number of hydrogen-bond acceptors (Lipinski definition) is 6. The molecule has 1 heterocycles. The SMILES string of the molecule is CCOC(=O)c1sc(NC(=O)c2ccc([N+](=O)[O-])c(C)c2)cc1C. The molecule has 0 radical (unpaired) electrons. The molecule has 0 spiro atoms. The summed E-state index contributed by atoms with van der Waals surface area (Å²) in [5, 5.41) is 14.0. The fourth-order valence-electron chi connectivity index (χ4n) is 2.13. The quantitative estimate of drug-likeness (QED) is 0.504. The highest BCUT2D eigenvalue weighted by molar-refractivity contribution is 7.18. The van der Waals surface area contributed by atoms with Crippen molar-refractivity contribution >= 4 is 33.9 Å². The summed E-state index contributed by atoms with van der Waals surface area (Å²) >= 11 is 1.13. The Morgan fingerprint density at radius 3 is 2.54 bits per heavy atom. The maximum absolute atomic E-state index is 12.3. The van der Waals surface area contributed by atoms with Gasteiger partial charge in [0.05, 0.1) is 16.5 Å². The van der Waals surface area contributed by atoms with Crippen LogP contribution in [0.4, 0.5) is 10.7 Å². The van der Waals surface area contributed by atoms with E-state index in [0.29, 0.717) is 26.6 Å². The van der Waals surface area contributed by atoms with Gasteiger partial charge >= 0.3 is 5.97 Å². The molecule has 2 rings (SSSR count). The van der Waals surface area contributed by atoms with Gasteiger partial charge in [-0.3, -0.25) is 14.9 Å².